The Morgan fingerprint density at radius 1 is 0.750 bits per heavy atom. The van der Waals surface area contributed by atoms with E-state index in [0.717, 1.165) is 32.6 Å². The summed E-state index contributed by atoms with van der Waals surface area (Å²) in [4.78, 5) is 2.30. The van der Waals surface area contributed by atoms with Crippen LogP contribution in [0.5, 0.6) is 17.2 Å². The molecule has 0 saturated carbocycles. The summed E-state index contributed by atoms with van der Waals surface area (Å²) in [5.41, 5.74) is 3.50. The van der Waals surface area contributed by atoms with E-state index >= 15 is 0 Å². The molecular formula is C21H14O2S. The zero-order valence-electron chi connectivity index (χ0n) is 12.9. The van der Waals surface area contributed by atoms with E-state index in [4.69, 9.17) is 9.47 Å². The van der Waals surface area contributed by atoms with Gasteiger partial charge in [-0.2, -0.15) is 0 Å². The SMILES string of the molecule is C1=C(c2ccc3c(c2)Sc2ccccc2O3)COc2ccccc21. The second-order valence-corrected chi connectivity index (χ2v) is 6.89. The Morgan fingerprint density at radius 3 is 2.50 bits per heavy atom. The van der Waals surface area contributed by atoms with E-state index in [2.05, 4.69) is 36.4 Å². The minimum absolute atomic E-state index is 0.595. The summed E-state index contributed by atoms with van der Waals surface area (Å²) in [6.45, 7) is 0.595. The maximum Gasteiger partial charge on any atom is 0.141 e. The lowest BCUT2D eigenvalue weighted by Crippen LogP contribution is -2.06. The van der Waals surface area contributed by atoms with Crippen LogP contribution in [0, 0.1) is 0 Å². The summed E-state index contributed by atoms with van der Waals surface area (Å²) in [6, 6.07) is 22.6. The molecule has 2 aliphatic heterocycles. The van der Waals surface area contributed by atoms with E-state index in [-0.39, 0.29) is 0 Å². The van der Waals surface area contributed by atoms with Crippen molar-refractivity contribution in [2.75, 3.05) is 6.61 Å². The molecular weight excluding hydrogens is 316 g/mol. The lowest BCUT2D eigenvalue weighted by molar-refractivity contribution is 0.365. The number of rotatable bonds is 1. The van der Waals surface area contributed by atoms with Gasteiger partial charge in [-0.15, -0.1) is 0 Å². The predicted molar refractivity (Wildman–Crippen MR) is 96.9 cm³/mol. The van der Waals surface area contributed by atoms with E-state index in [9.17, 15) is 0 Å². The number of para-hydroxylation sites is 2. The van der Waals surface area contributed by atoms with Crippen LogP contribution in [0.2, 0.25) is 0 Å². The molecule has 0 fully saturated rings. The highest BCUT2D eigenvalue weighted by Gasteiger charge is 2.19. The smallest absolute Gasteiger partial charge is 0.141 e. The van der Waals surface area contributed by atoms with E-state index < -0.39 is 0 Å². The topological polar surface area (TPSA) is 18.5 Å². The molecule has 2 nitrogen and oxygen atoms in total. The van der Waals surface area contributed by atoms with Crippen LogP contribution in [0.25, 0.3) is 11.6 Å². The molecule has 5 rings (SSSR count). The standard InChI is InChI=1S/C21H14O2S/c1-2-6-17-15(5-1)11-16(13-22-17)14-9-10-19-21(12-14)24-20-8-4-3-7-18(20)23-19/h1-12H,13H2. The second kappa shape index (κ2) is 5.46. The van der Waals surface area contributed by atoms with E-state index in [1.165, 1.54) is 11.1 Å². The Bertz CT molecular complexity index is 975. The molecule has 0 N–H and O–H groups in total. The third-order valence-electron chi connectivity index (χ3n) is 4.24. The minimum Gasteiger partial charge on any atom is -0.488 e. The highest BCUT2D eigenvalue weighted by atomic mass is 32.2. The number of hydrogen-bond acceptors (Lipinski definition) is 3. The molecule has 0 unspecified atom stereocenters. The Morgan fingerprint density at radius 2 is 1.54 bits per heavy atom. The third-order valence-corrected chi connectivity index (χ3v) is 5.33. The quantitative estimate of drug-likeness (QED) is 0.434. The highest BCUT2D eigenvalue weighted by Crippen LogP contribution is 2.47. The van der Waals surface area contributed by atoms with Crippen molar-refractivity contribution in [2.45, 2.75) is 9.79 Å². The molecule has 24 heavy (non-hydrogen) atoms. The van der Waals surface area contributed by atoms with Crippen LogP contribution in [0.3, 0.4) is 0 Å². The van der Waals surface area contributed by atoms with E-state index in [1.807, 2.05) is 36.4 Å². The first-order valence-corrected chi connectivity index (χ1v) is 8.70. The van der Waals surface area contributed by atoms with Crippen molar-refractivity contribution in [3.8, 4) is 17.2 Å². The lowest BCUT2D eigenvalue weighted by Gasteiger charge is -2.22. The molecule has 3 heteroatoms. The maximum absolute atomic E-state index is 6.00. The van der Waals surface area contributed by atoms with Gasteiger partial charge in [0.2, 0.25) is 0 Å². The van der Waals surface area contributed by atoms with E-state index in [0.29, 0.717) is 6.61 Å². The van der Waals surface area contributed by atoms with Crippen LogP contribution in [0.15, 0.2) is 76.5 Å². The molecule has 0 saturated heterocycles. The second-order valence-electron chi connectivity index (χ2n) is 5.81. The van der Waals surface area contributed by atoms with Gasteiger partial charge >= 0.3 is 0 Å². The van der Waals surface area contributed by atoms with Crippen molar-refractivity contribution in [3.05, 3.63) is 77.9 Å². The normalized spacial score (nSPS) is 14.4. The monoisotopic (exact) mass is 330 g/mol. The Kier molecular flexibility index (Phi) is 3.13. The number of fused-ring (bicyclic) bond motifs is 3. The van der Waals surface area contributed by atoms with Gasteiger partial charge in [0.05, 0.1) is 9.79 Å². The van der Waals surface area contributed by atoms with Crippen molar-refractivity contribution in [1.82, 2.24) is 0 Å². The van der Waals surface area contributed by atoms with Crippen molar-refractivity contribution < 1.29 is 9.47 Å². The van der Waals surface area contributed by atoms with Gasteiger partial charge in [-0.05, 0) is 47.5 Å². The molecule has 2 aliphatic rings. The van der Waals surface area contributed by atoms with Gasteiger partial charge in [-0.25, -0.2) is 0 Å². The minimum atomic E-state index is 0.595. The average Bonchev–Trinajstić information content (AvgIpc) is 2.65. The summed E-state index contributed by atoms with van der Waals surface area (Å²) < 4.78 is 11.9. The molecule has 0 spiro atoms. The first-order valence-electron chi connectivity index (χ1n) is 7.88. The third kappa shape index (κ3) is 2.29. The number of ether oxygens (including phenoxy) is 2. The van der Waals surface area contributed by atoms with Crippen LogP contribution < -0.4 is 9.47 Å². The Labute approximate surface area is 144 Å². The largest absolute Gasteiger partial charge is 0.488 e. The summed E-state index contributed by atoms with van der Waals surface area (Å²) in [5.74, 6) is 2.79. The molecule has 0 aliphatic carbocycles. The zero-order valence-corrected chi connectivity index (χ0v) is 13.7. The van der Waals surface area contributed by atoms with Gasteiger partial charge in [-0.1, -0.05) is 48.2 Å². The van der Waals surface area contributed by atoms with Crippen molar-refractivity contribution in [1.29, 1.82) is 0 Å². The molecule has 3 aromatic carbocycles. The highest BCUT2D eigenvalue weighted by molar-refractivity contribution is 7.99. The number of benzene rings is 3. The summed E-state index contributed by atoms with van der Waals surface area (Å²) in [6.07, 6.45) is 2.21. The van der Waals surface area contributed by atoms with Gasteiger partial charge in [0.1, 0.15) is 23.9 Å². The summed E-state index contributed by atoms with van der Waals surface area (Å²) in [5, 5.41) is 0. The Hall–Kier alpha value is -2.65. The maximum atomic E-state index is 6.00. The fraction of sp³-hybridized carbons (Fsp3) is 0.0476. The Balaban J connectivity index is 1.53. The molecule has 0 radical (unpaired) electrons. The fourth-order valence-corrected chi connectivity index (χ4v) is 4.00. The molecule has 116 valence electrons. The predicted octanol–water partition coefficient (Wildman–Crippen LogP) is 5.88. The van der Waals surface area contributed by atoms with E-state index in [1.54, 1.807) is 11.8 Å². The van der Waals surface area contributed by atoms with Crippen molar-refractivity contribution in [3.63, 3.8) is 0 Å². The van der Waals surface area contributed by atoms with Crippen LogP contribution in [0.4, 0.5) is 0 Å². The van der Waals surface area contributed by atoms with Gasteiger partial charge in [0.15, 0.2) is 0 Å². The van der Waals surface area contributed by atoms with Crippen molar-refractivity contribution >= 4 is 23.4 Å². The van der Waals surface area contributed by atoms with Crippen LogP contribution >= 0.6 is 11.8 Å². The molecule has 0 bridgehead atoms. The fourth-order valence-electron chi connectivity index (χ4n) is 3.01. The molecule has 2 heterocycles. The summed E-state index contributed by atoms with van der Waals surface area (Å²) in [7, 11) is 0. The van der Waals surface area contributed by atoms with Crippen molar-refractivity contribution in [2.24, 2.45) is 0 Å². The lowest BCUT2D eigenvalue weighted by atomic mass is 10.0. The van der Waals surface area contributed by atoms with Gasteiger partial charge in [0, 0.05) is 5.56 Å². The first kappa shape index (κ1) is 13.8. The molecule has 0 amide bonds. The number of hydrogen-bond donors (Lipinski definition) is 0. The van der Waals surface area contributed by atoms with Crippen LogP contribution in [-0.2, 0) is 0 Å². The first-order chi connectivity index (χ1) is 11.9. The zero-order chi connectivity index (χ0) is 15.9. The molecule has 3 aromatic rings. The molecule has 0 atom stereocenters. The average molecular weight is 330 g/mol. The summed E-state index contributed by atoms with van der Waals surface area (Å²) >= 11 is 1.75. The molecule has 0 aromatic heterocycles. The van der Waals surface area contributed by atoms with Crippen LogP contribution in [0.1, 0.15) is 11.1 Å². The van der Waals surface area contributed by atoms with Gasteiger partial charge < -0.3 is 9.47 Å². The van der Waals surface area contributed by atoms with Crippen LogP contribution in [-0.4, -0.2) is 6.61 Å². The van der Waals surface area contributed by atoms with Gasteiger partial charge in [0.25, 0.3) is 0 Å². The van der Waals surface area contributed by atoms with Gasteiger partial charge in [-0.3, -0.25) is 0 Å².